The number of likely N-dealkylation sites (tertiary alicyclic amines) is 1. The monoisotopic (exact) mass is 588 g/mol. The number of hydrogen-bond donors (Lipinski definition) is 1. The number of piperidine rings is 2. The van der Waals surface area contributed by atoms with Crippen molar-refractivity contribution in [3.8, 4) is 5.69 Å². The van der Waals surface area contributed by atoms with Crippen molar-refractivity contribution in [1.29, 1.82) is 0 Å². The van der Waals surface area contributed by atoms with E-state index in [2.05, 4.69) is 42.2 Å². The Bertz CT molecular complexity index is 1750. The van der Waals surface area contributed by atoms with Crippen molar-refractivity contribution >= 4 is 57.3 Å². The van der Waals surface area contributed by atoms with E-state index in [1.54, 1.807) is 35.0 Å². The topological polar surface area (TPSA) is 83.6 Å². The van der Waals surface area contributed by atoms with E-state index in [0.717, 1.165) is 24.8 Å². The van der Waals surface area contributed by atoms with Gasteiger partial charge in [-0.15, -0.1) is 0 Å². The van der Waals surface area contributed by atoms with Gasteiger partial charge < -0.3 is 15.1 Å². The first-order valence-corrected chi connectivity index (χ1v) is 14.9. The predicted octanol–water partition coefficient (Wildman–Crippen LogP) is 5.93. The number of rotatable bonds is 5. The highest BCUT2D eigenvalue weighted by atomic mass is 35.5. The normalized spacial score (nSPS) is 17.0. The Kier molecular flexibility index (Phi) is 7.02. The van der Waals surface area contributed by atoms with Crippen LogP contribution in [-0.2, 0) is 0 Å². The van der Waals surface area contributed by atoms with Crippen LogP contribution in [0.3, 0.4) is 0 Å². The Morgan fingerprint density at radius 1 is 0.878 bits per heavy atom. The molecule has 0 radical (unpaired) electrons. The molecular weight excluding hydrogens is 559 g/mol. The Morgan fingerprint density at radius 3 is 2.34 bits per heavy atom. The first-order chi connectivity index (χ1) is 20.1. The largest absolute Gasteiger partial charge is 0.371 e. The van der Waals surface area contributed by atoms with Crippen LogP contribution in [0, 0.1) is 0 Å². The van der Waals surface area contributed by atoms with Crippen molar-refractivity contribution in [2.75, 3.05) is 36.4 Å². The standard InChI is InChI=1S/C30H30Cl2N8O/c31-24-5-4-6-25(32)26(24)40-28(41)23-19-34-29(36-27(23)39-18-13-33-30(39)40)35-20-7-9-21(10-8-20)38-16-11-22(12-17-38)37-14-2-1-3-15-37/h4-10,13,18-19,22H,1-3,11-12,14-17H2,(H,34,35,36). The quantitative estimate of drug-likeness (QED) is 0.272. The van der Waals surface area contributed by atoms with Gasteiger partial charge in [0.2, 0.25) is 11.7 Å². The zero-order chi connectivity index (χ0) is 27.9. The van der Waals surface area contributed by atoms with Crippen molar-refractivity contribution in [3.63, 3.8) is 0 Å². The maximum absolute atomic E-state index is 13.6. The molecule has 0 spiro atoms. The number of anilines is 3. The molecule has 7 rings (SSSR count). The van der Waals surface area contributed by atoms with E-state index in [0.29, 0.717) is 38.5 Å². The second-order valence-electron chi connectivity index (χ2n) is 10.7. The van der Waals surface area contributed by atoms with Crippen LogP contribution < -0.4 is 15.8 Å². The van der Waals surface area contributed by atoms with Crippen molar-refractivity contribution in [3.05, 3.63) is 81.5 Å². The molecule has 0 atom stereocenters. The smallest absolute Gasteiger partial charge is 0.270 e. The summed E-state index contributed by atoms with van der Waals surface area (Å²) in [5.41, 5.74) is 2.55. The number of halogens is 2. The minimum atomic E-state index is -0.353. The van der Waals surface area contributed by atoms with Gasteiger partial charge in [-0.1, -0.05) is 35.7 Å². The van der Waals surface area contributed by atoms with Crippen LogP contribution in [-0.4, -0.2) is 61.0 Å². The Balaban J connectivity index is 1.12. The van der Waals surface area contributed by atoms with Crippen LogP contribution in [0.1, 0.15) is 32.1 Å². The molecule has 0 aliphatic carbocycles. The van der Waals surface area contributed by atoms with Gasteiger partial charge in [-0.2, -0.15) is 4.98 Å². The Morgan fingerprint density at radius 2 is 1.61 bits per heavy atom. The highest BCUT2D eigenvalue weighted by Crippen LogP contribution is 2.30. The molecular formula is C30H30Cl2N8O. The first-order valence-electron chi connectivity index (χ1n) is 14.1. The third kappa shape index (κ3) is 4.92. The van der Waals surface area contributed by atoms with Crippen LogP contribution in [0.15, 0.2) is 65.8 Å². The van der Waals surface area contributed by atoms with Crippen LogP contribution in [0.5, 0.6) is 0 Å². The van der Waals surface area contributed by atoms with Crippen LogP contribution >= 0.6 is 23.2 Å². The molecule has 2 saturated heterocycles. The molecule has 0 saturated carbocycles. The summed E-state index contributed by atoms with van der Waals surface area (Å²) in [7, 11) is 0. The molecule has 0 bridgehead atoms. The summed E-state index contributed by atoms with van der Waals surface area (Å²) < 4.78 is 3.14. The third-order valence-electron chi connectivity index (χ3n) is 8.27. The van der Waals surface area contributed by atoms with Crippen LogP contribution in [0.25, 0.3) is 22.5 Å². The van der Waals surface area contributed by atoms with Gasteiger partial charge in [0.1, 0.15) is 5.39 Å². The average Bonchev–Trinajstić information content (AvgIpc) is 3.50. The van der Waals surface area contributed by atoms with Gasteiger partial charge in [0.15, 0.2) is 5.65 Å². The molecule has 5 aromatic rings. The summed E-state index contributed by atoms with van der Waals surface area (Å²) in [6.45, 7) is 4.69. The summed E-state index contributed by atoms with van der Waals surface area (Å²) in [5, 5.41) is 4.30. The first kappa shape index (κ1) is 26.3. The fourth-order valence-corrected chi connectivity index (χ4v) is 6.73. The van der Waals surface area contributed by atoms with Crippen molar-refractivity contribution in [1.82, 2.24) is 28.8 Å². The summed E-state index contributed by atoms with van der Waals surface area (Å²) in [6, 6.07) is 14.2. The fraction of sp³-hybridized carbons (Fsp3) is 0.333. The molecule has 0 unspecified atom stereocenters. The van der Waals surface area contributed by atoms with Gasteiger partial charge in [-0.3, -0.25) is 9.20 Å². The molecule has 11 heteroatoms. The zero-order valence-electron chi connectivity index (χ0n) is 22.5. The number of para-hydroxylation sites is 1. The van der Waals surface area contributed by atoms with Crippen molar-refractivity contribution < 1.29 is 0 Å². The van der Waals surface area contributed by atoms with E-state index in [1.807, 2.05) is 12.1 Å². The van der Waals surface area contributed by atoms with E-state index in [4.69, 9.17) is 23.2 Å². The lowest BCUT2D eigenvalue weighted by molar-refractivity contribution is 0.141. The van der Waals surface area contributed by atoms with Gasteiger partial charge in [0.05, 0.1) is 15.7 Å². The van der Waals surface area contributed by atoms with Gasteiger partial charge in [-0.05, 0) is 75.2 Å². The van der Waals surface area contributed by atoms with Gasteiger partial charge >= 0.3 is 0 Å². The molecule has 2 aliphatic rings. The number of hydrogen-bond acceptors (Lipinski definition) is 7. The van der Waals surface area contributed by atoms with Crippen molar-refractivity contribution in [2.24, 2.45) is 0 Å². The van der Waals surface area contributed by atoms with E-state index >= 15 is 0 Å². The molecule has 3 aromatic heterocycles. The van der Waals surface area contributed by atoms with Crippen LogP contribution in [0.2, 0.25) is 10.0 Å². The number of nitrogens with one attached hydrogen (secondary N) is 1. The highest BCUT2D eigenvalue weighted by Gasteiger charge is 2.26. The molecule has 41 heavy (non-hydrogen) atoms. The number of imidazole rings is 1. The van der Waals surface area contributed by atoms with Crippen LogP contribution in [0.4, 0.5) is 17.3 Å². The van der Waals surface area contributed by atoms with Gasteiger partial charge in [0, 0.05) is 49.1 Å². The molecule has 9 nitrogen and oxygen atoms in total. The number of nitrogens with zero attached hydrogens (tertiary/aromatic N) is 7. The number of benzene rings is 2. The zero-order valence-corrected chi connectivity index (χ0v) is 24.0. The summed E-state index contributed by atoms with van der Waals surface area (Å²) in [4.78, 5) is 32.3. The van der Waals surface area contributed by atoms with Crippen molar-refractivity contribution in [2.45, 2.75) is 38.1 Å². The molecule has 2 aliphatic heterocycles. The molecule has 0 amide bonds. The molecule has 2 fully saturated rings. The number of fused-ring (bicyclic) bond motifs is 3. The lowest BCUT2D eigenvalue weighted by atomic mass is 9.99. The third-order valence-corrected chi connectivity index (χ3v) is 8.88. The van der Waals surface area contributed by atoms with E-state index in [-0.39, 0.29) is 5.56 Å². The average molecular weight is 590 g/mol. The minimum Gasteiger partial charge on any atom is -0.371 e. The maximum Gasteiger partial charge on any atom is 0.270 e. The lowest BCUT2D eigenvalue weighted by Gasteiger charge is -2.41. The summed E-state index contributed by atoms with van der Waals surface area (Å²) in [5.74, 6) is 0.742. The summed E-state index contributed by atoms with van der Waals surface area (Å²) in [6.07, 6.45) is 11.4. The van der Waals surface area contributed by atoms with E-state index in [1.165, 1.54) is 61.6 Å². The number of aromatic nitrogens is 5. The molecule has 5 heterocycles. The van der Waals surface area contributed by atoms with Gasteiger partial charge in [0.25, 0.3) is 5.56 Å². The lowest BCUT2D eigenvalue weighted by Crippen LogP contribution is -2.46. The molecule has 210 valence electrons. The van der Waals surface area contributed by atoms with E-state index in [9.17, 15) is 4.79 Å². The Labute approximate surface area is 247 Å². The second kappa shape index (κ2) is 11.0. The Hall–Kier alpha value is -3.66. The second-order valence-corrected chi connectivity index (χ2v) is 11.5. The molecule has 1 N–H and O–H groups in total. The van der Waals surface area contributed by atoms with E-state index < -0.39 is 0 Å². The minimum absolute atomic E-state index is 0.320. The highest BCUT2D eigenvalue weighted by molar-refractivity contribution is 6.37. The maximum atomic E-state index is 13.6. The molecule has 2 aromatic carbocycles. The van der Waals surface area contributed by atoms with Gasteiger partial charge in [-0.25, -0.2) is 14.5 Å². The fourth-order valence-electron chi connectivity index (χ4n) is 6.17. The summed E-state index contributed by atoms with van der Waals surface area (Å²) >= 11 is 12.9. The predicted molar refractivity (Wildman–Crippen MR) is 164 cm³/mol. The SMILES string of the molecule is O=c1c2cnc(Nc3ccc(N4CCC(N5CCCCC5)CC4)cc3)nc2n2ccnc2n1-c1c(Cl)cccc1Cl.